The quantitative estimate of drug-likeness (QED) is 0.300. The third-order valence-corrected chi connectivity index (χ3v) is 7.26. The zero-order valence-electron chi connectivity index (χ0n) is 17.2. The number of carbonyl (C=O) groups excluding carboxylic acids is 2. The second-order valence-corrected chi connectivity index (χ2v) is 9.36. The highest BCUT2D eigenvalue weighted by Gasteiger charge is 2.52. The van der Waals surface area contributed by atoms with Crippen LogP contribution in [0.15, 0.2) is 94.7 Å². The molecule has 3 N–H and O–H groups in total. The van der Waals surface area contributed by atoms with Crippen molar-refractivity contribution in [2.75, 3.05) is 12.3 Å². The van der Waals surface area contributed by atoms with E-state index in [1.54, 1.807) is 0 Å². The number of nitrogens with two attached hydrogens (primary N) is 1. The van der Waals surface area contributed by atoms with E-state index in [4.69, 9.17) is 11.1 Å². The van der Waals surface area contributed by atoms with Crippen LogP contribution in [0.25, 0.3) is 0 Å². The molecule has 0 radical (unpaired) electrons. The highest BCUT2D eigenvalue weighted by atomic mass is 32.2. The van der Waals surface area contributed by atoms with Crippen LogP contribution < -0.4 is 5.73 Å². The number of amidine groups is 1. The molecular formula is C24H21N5O2S. The van der Waals surface area contributed by atoms with E-state index in [0.29, 0.717) is 30.1 Å². The molecule has 0 bridgehead atoms. The molecule has 0 aromatic heterocycles. The molecular weight excluding hydrogens is 422 g/mol. The van der Waals surface area contributed by atoms with E-state index in [2.05, 4.69) is 30.4 Å². The standard InChI is InChI=1S/C24H21N5O2S/c25-24(26)32-12-4-10-28-22(30)20-21(23(28)31)29-17-8-2-1-5-15(17)13-18(29)16-7-3-6-14-9-11-27(20)19(14)16/h1-3,5-9,11,13,17,19H,4,10,12H2,(H3,25,26). The lowest BCUT2D eigenvalue weighted by Crippen LogP contribution is -2.39. The van der Waals surface area contributed by atoms with Crippen molar-refractivity contribution < 1.29 is 9.59 Å². The van der Waals surface area contributed by atoms with E-state index >= 15 is 0 Å². The number of allylic oxidation sites excluding steroid dienone is 5. The highest BCUT2D eigenvalue weighted by molar-refractivity contribution is 8.13. The van der Waals surface area contributed by atoms with E-state index in [9.17, 15) is 9.59 Å². The monoisotopic (exact) mass is 443 g/mol. The van der Waals surface area contributed by atoms with Crippen molar-refractivity contribution in [3.8, 4) is 0 Å². The summed E-state index contributed by atoms with van der Waals surface area (Å²) in [5, 5.41) is 7.40. The molecule has 2 amide bonds. The van der Waals surface area contributed by atoms with Crippen LogP contribution in [-0.2, 0) is 9.59 Å². The van der Waals surface area contributed by atoms with Gasteiger partial charge in [0.2, 0.25) is 0 Å². The van der Waals surface area contributed by atoms with Gasteiger partial charge < -0.3 is 15.5 Å². The molecule has 6 rings (SSSR count). The summed E-state index contributed by atoms with van der Waals surface area (Å²) in [5.41, 5.74) is 10.6. The fourth-order valence-electron chi connectivity index (χ4n) is 5.15. The Labute approximate surface area is 189 Å². The Balaban J connectivity index is 1.44. The minimum Gasteiger partial charge on any atom is -0.379 e. The summed E-state index contributed by atoms with van der Waals surface area (Å²) in [7, 11) is 0. The van der Waals surface area contributed by atoms with Crippen molar-refractivity contribution >= 4 is 28.7 Å². The number of hydrogen-bond acceptors (Lipinski definition) is 6. The molecule has 0 aromatic carbocycles. The summed E-state index contributed by atoms with van der Waals surface area (Å²) < 4.78 is 0. The van der Waals surface area contributed by atoms with Gasteiger partial charge in [0.15, 0.2) is 5.17 Å². The molecule has 8 heteroatoms. The summed E-state index contributed by atoms with van der Waals surface area (Å²) >= 11 is 1.22. The molecule has 0 fully saturated rings. The van der Waals surface area contributed by atoms with Gasteiger partial charge >= 0.3 is 0 Å². The molecule has 4 aliphatic heterocycles. The maximum absolute atomic E-state index is 13.7. The molecule has 2 atom stereocenters. The van der Waals surface area contributed by atoms with Crippen LogP contribution in [0.3, 0.4) is 0 Å². The Morgan fingerprint density at radius 1 is 1.06 bits per heavy atom. The molecule has 2 unspecified atom stereocenters. The minimum atomic E-state index is -0.262. The molecule has 6 aliphatic rings. The van der Waals surface area contributed by atoms with Crippen LogP contribution in [-0.4, -0.2) is 56.1 Å². The topological polar surface area (TPSA) is 93.7 Å². The van der Waals surface area contributed by atoms with Gasteiger partial charge in [-0.25, -0.2) is 0 Å². The van der Waals surface area contributed by atoms with Crippen LogP contribution >= 0.6 is 11.8 Å². The first kappa shape index (κ1) is 19.2. The fourth-order valence-corrected chi connectivity index (χ4v) is 5.64. The summed E-state index contributed by atoms with van der Waals surface area (Å²) in [6, 6.07) is -0.218. The van der Waals surface area contributed by atoms with Crippen molar-refractivity contribution in [3.63, 3.8) is 0 Å². The van der Waals surface area contributed by atoms with E-state index in [-0.39, 0.29) is 29.1 Å². The third kappa shape index (κ3) is 2.59. The number of hydrogen-bond donors (Lipinski definition) is 2. The molecule has 0 saturated heterocycles. The highest BCUT2D eigenvalue weighted by Crippen LogP contribution is 2.47. The summed E-state index contributed by atoms with van der Waals surface area (Å²) in [6.45, 7) is 0.302. The molecule has 0 spiro atoms. The Morgan fingerprint density at radius 2 is 1.91 bits per heavy atom. The normalized spacial score (nSPS) is 26.4. The molecule has 0 saturated carbocycles. The molecule has 4 heterocycles. The molecule has 0 aromatic rings. The van der Waals surface area contributed by atoms with Gasteiger partial charge in [0, 0.05) is 29.8 Å². The van der Waals surface area contributed by atoms with Gasteiger partial charge in [-0.2, -0.15) is 0 Å². The molecule has 2 aliphatic carbocycles. The van der Waals surface area contributed by atoms with Crippen molar-refractivity contribution in [2.45, 2.75) is 18.5 Å². The first-order valence-electron chi connectivity index (χ1n) is 10.6. The Bertz CT molecular complexity index is 1230. The number of imide groups is 1. The second-order valence-electron chi connectivity index (χ2n) is 8.22. The Morgan fingerprint density at radius 3 is 2.75 bits per heavy atom. The SMILES string of the molecule is N=C(N)SCCCN1C(=O)C2=C(C1=O)N1C(=C3C=CC=C4C=CN2C43)C=C2C=CC=CC21. The first-order chi connectivity index (χ1) is 15.6. The summed E-state index contributed by atoms with van der Waals surface area (Å²) in [4.78, 5) is 32.7. The summed E-state index contributed by atoms with van der Waals surface area (Å²) in [6.07, 6.45) is 21.0. The van der Waals surface area contributed by atoms with Crippen LogP contribution in [0.5, 0.6) is 0 Å². The van der Waals surface area contributed by atoms with Crippen LogP contribution in [0, 0.1) is 5.41 Å². The van der Waals surface area contributed by atoms with Crippen molar-refractivity contribution in [3.05, 3.63) is 94.7 Å². The third-order valence-electron chi connectivity index (χ3n) is 6.45. The number of carbonyl (C=O) groups is 2. The van der Waals surface area contributed by atoms with Gasteiger partial charge in [0.25, 0.3) is 11.8 Å². The number of nitrogens with one attached hydrogen (secondary N) is 1. The van der Waals surface area contributed by atoms with Crippen molar-refractivity contribution in [2.24, 2.45) is 5.73 Å². The lowest BCUT2D eigenvalue weighted by Gasteiger charge is -2.30. The smallest absolute Gasteiger partial charge is 0.279 e. The second kappa shape index (κ2) is 7.00. The van der Waals surface area contributed by atoms with E-state index in [1.807, 2.05) is 40.3 Å². The predicted octanol–water partition coefficient (Wildman–Crippen LogP) is 2.28. The number of thioether (sulfide) groups is 1. The largest absolute Gasteiger partial charge is 0.379 e. The van der Waals surface area contributed by atoms with Gasteiger partial charge in [-0.05, 0) is 29.7 Å². The van der Waals surface area contributed by atoms with E-state index in [1.165, 1.54) is 16.7 Å². The van der Waals surface area contributed by atoms with Gasteiger partial charge in [-0.15, -0.1) is 0 Å². The van der Waals surface area contributed by atoms with Gasteiger partial charge in [-0.1, -0.05) is 54.3 Å². The van der Waals surface area contributed by atoms with Crippen LogP contribution in [0.4, 0.5) is 0 Å². The van der Waals surface area contributed by atoms with Crippen LogP contribution in [0.1, 0.15) is 6.42 Å². The Hall–Kier alpha value is -3.52. The summed E-state index contributed by atoms with van der Waals surface area (Å²) in [5.74, 6) is 0.0617. The van der Waals surface area contributed by atoms with Crippen molar-refractivity contribution in [1.82, 2.24) is 14.7 Å². The van der Waals surface area contributed by atoms with E-state index < -0.39 is 0 Å². The van der Waals surface area contributed by atoms with E-state index in [0.717, 1.165) is 22.4 Å². The zero-order valence-corrected chi connectivity index (χ0v) is 18.0. The maximum atomic E-state index is 13.7. The number of amides is 2. The van der Waals surface area contributed by atoms with Gasteiger partial charge in [0.05, 0.1) is 12.1 Å². The average Bonchev–Trinajstić information content (AvgIpc) is 3.41. The number of fused-ring (bicyclic) bond motifs is 5. The lowest BCUT2D eigenvalue weighted by atomic mass is 9.93. The molecule has 160 valence electrons. The lowest BCUT2D eigenvalue weighted by molar-refractivity contribution is -0.138. The zero-order chi connectivity index (χ0) is 22.0. The van der Waals surface area contributed by atoms with Crippen LogP contribution in [0.2, 0.25) is 0 Å². The maximum Gasteiger partial charge on any atom is 0.279 e. The van der Waals surface area contributed by atoms with Gasteiger partial charge in [0.1, 0.15) is 11.4 Å². The van der Waals surface area contributed by atoms with Crippen molar-refractivity contribution in [1.29, 1.82) is 5.41 Å². The minimum absolute atomic E-state index is 0.0416. The number of rotatable bonds is 4. The molecule has 32 heavy (non-hydrogen) atoms. The average molecular weight is 444 g/mol. The number of nitrogens with zero attached hydrogens (tertiary/aromatic N) is 3. The fraction of sp³-hybridized carbons (Fsp3) is 0.208. The molecule has 7 nitrogen and oxygen atoms in total. The Kier molecular flexibility index (Phi) is 4.19. The van der Waals surface area contributed by atoms with Gasteiger partial charge in [-0.3, -0.25) is 19.9 Å². The predicted molar refractivity (Wildman–Crippen MR) is 124 cm³/mol. The first-order valence-corrected chi connectivity index (χ1v) is 11.6.